The topological polar surface area (TPSA) is 55.8 Å². The summed E-state index contributed by atoms with van der Waals surface area (Å²) in [6, 6.07) is 10.8. The Balaban J connectivity index is 1.58. The number of hydrogen-bond donors (Lipinski definition) is 2. The largest absolute Gasteiger partial charge is 0.395 e. The summed E-state index contributed by atoms with van der Waals surface area (Å²) in [4.78, 5) is 16.4. The zero-order valence-corrected chi connectivity index (χ0v) is 14.5. The van der Waals surface area contributed by atoms with Crippen LogP contribution in [0.5, 0.6) is 0 Å². The molecule has 1 aromatic carbocycles. The number of amides is 2. The first kappa shape index (κ1) is 17.2. The molecule has 1 aliphatic carbocycles. The van der Waals surface area contributed by atoms with E-state index in [4.69, 9.17) is 5.11 Å². The highest BCUT2D eigenvalue weighted by Gasteiger charge is 2.40. The molecule has 3 atom stereocenters. The van der Waals surface area contributed by atoms with Crippen LogP contribution in [0.4, 0.5) is 4.79 Å². The van der Waals surface area contributed by atoms with E-state index in [1.54, 1.807) is 11.9 Å². The first-order valence-electron chi connectivity index (χ1n) is 9.06. The number of fused-ring (bicyclic) bond motifs is 1. The van der Waals surface area contributed by atoms with Crippen LogP contribution in [0.1, 0.15) is 24.8 Å². The molecule has 5 heteroatoms. The molecule has 1 aromatic rings. The number of carbonyl (C=O) groups is 1. The molecule has 0 unspecified atom stereocenters. The first-order valence-corrected chi connectivity index (χ1v) is 9.06. The Labute approximate surface area is 144 Å². The summed E-state index contributed by atoms with van der Waals surface area (Å²) in [6.07, 6.45) is 3.53. The van der Waals surface area contributed by atoms with Crippen molar-refractivity contribution in [1.82, 2.24) is 15.1 Å². The fourth-order valence-electron chi connectivity index (χ4n) is 4.23. The number of aliphatic hydroxyl groups is 1. The number of hydrogen-bond acceptors (Lipinski definition) is 3. The maximum Gasteiger partial charge on any atom is 0.317 e. The predicted molar refractivity (Wildman–Crippen MR) is 94.6 cm³/mol. The molecule has 1 saturated carbocycles. The molecule has 2 amide bonds. The van der Waals surface area contributed by atoms with Crippen molar-refractivity contribution in [1.29, 1.82) is 0 Å². The van der Waals surface area contributed by atoms with Crippen molar-refractivity contribution in [3.05, 3.63) is 35.9 Å². The number of carbonyl (C=O) groups excluding carboxylic acids is 1. The highest BCUT2D eigenvalue weighted by atomic mass is 16.3. The van der Waals surface area contributed by atoms with Crippen LogP contribution in [0.3, 0.4) is 0 Å². The summed E-state index contributed by atoms with van der Waals surface area (Å²) in [5.41, 5.74) is 1.36. The summed E-state index contributed by atoms with van der Waals surface area (Å²) in [5.74, 6) is 1.24. The lowest BCUT2D eigenvalue weighted by Crippen LogP contribution is -2.49. The average Bonchev–Trinajstić information content (AvgIpc) is 2.99. The standard InChI is InChI=1S/C19H29N3O2/c1-21(10-11-23)19(24)20-18-9-5-8-16-13-22(14-17(16)18)12-15-6-3-2-4-7-15/h2-4,6-7,16-18,23H,5,8-14H2,1H3,(H,20,24)/t16-,17-,18+/m0/s1. The van der Waals surface area contributed by atoms with Crippen molar-refractivity contribution in [3.63, 3.8) is 0 Å². The van der Waals surface area contributed by atoms with Crippen LogP contribution < -0.4 is 5.32 Å². The van der Waals surface area contributed by atoms with Gasteiger partial charge in [-0.3, -0.25) is 4.90 Å². The Morgan fingerprint density at radius 3 is 2.83 bits per heavy atom. The van der Waals surface area contributed by atoms with Gasteiger partial charge in [-0.1, -0.05) is 36.8 Å². The summed E-state index contributed by atoms with van der Waals surface area (Å²) in [5, 5.41) is 12.2. The van der Waals surface area contributed by atoms with E-state index in [1.165, 1.54) is 18.4 Å². The second kappa shape index (κ2) is 7.99. The Morgan fingerprint density at radius 2 is 2.08 bits per heavy atom. The van der Waals surface area contributed by atoms with Gasteiger partial charge in [-0.15, -0.1) is 0 Å². The molecule has 0 radical (unpaired) electrons. The second-order valence-electron chi connectivity index (χ2n) is 7.24. The number of nitrogens with zero attached hydrogens (tertiary/aromatic N) is 2. The van der Waals surface area contributed by atoms with Gasteiger partial charge in [-0.25, -0.2) is 4.79 Å². The van der Waals surface area contributed by atoms with Crippen molar-refractivity contribution in [2.24, 2.45) is 11.8 Å². The molecule has 5 nitrogen and oxygen atoms in total. The van der Waals surface area contributed by atoms with E-state index in [2.05, 4.69) is 40.5 Å². The Kier molecular flexibility index (Phi) is 5.74. The van der Waals surface area contributed by atoms with E-state index >= 15 is 0 Å². The molecule has 1 aliphatic heterocycles. The highest BCUT2D eigenvalue weighted by molar-refractivity contribution is 5.74. The molecule has 0 spiro atoms. The first-order chi connectivity index (χ1) is 11.7. The summed E-state index contributed by atoms with van der Waals surface area (Å²) in [6.45, 7) is 3.59. The van der Waals surface area contributed by atoms with Gasteiger partial charge in [0.2, 0.25) is 0 Å². The van der Waals surface area contributed by atoms with Crippen LogP contribution >= 0.6 is 0 Å². The van der Waals surface area contributed by atoms with Gasteiger partial charge in [0.1, 0.15) is 0 Å². The number of nitrogens with one attached hydrogen (secondary N) is 1. The zero-order chi connectivity index (χ0) is 16.9. The molecule has 1 heterocycles. The normalized spacial score (nSPS) is 26.8. The third-order valence-electron chi connectivity index (χ3n) is 5.51. The monoisotopic (exact) mass is 331 g/mol. The molecule has 132 valence electrons. The molecular weight excluding hydrogens is 302 g/mol. The van der Waals surface area contributed by atoms with Crippen molar-refractivity contribution >= 4 is 6.03 Å². The minimum absolute atomic E-state index is 0.00545. The molecule has 2 N–H and O–H groups in total. The molecule has 0 aromatic heterocycles. The van der Waals surface area contributed by atoms with Gasteiger partial charge in [-0.2, -0.15) is 0 Å². The van der Waals surface area contributed by atoms with Crippen LogP contribution in [0, 0.1) is 11.8 Å². The number of benzene rings is 1. The van der Waals surface area contributed by atoms with E-state index < -0.39 is 0 Å². The van der Waals surface area contributed by atoms with Crippen molar-refractivity contribution in [2.75, 3.05) is 33.3 Å². The third-order valence-corrected chi connectivity index (χ3v) is 5.51. The van der Waals surface area contributed by atoms with Crippen molar-refractivity contribution in [2.45, 2.75) is 31.8 Å². The number of likely N-dealkylation sites (tertiary alicyclic amines) is 1. The molecule has 3 rings (SSSR count). The van der Waals surface area contributed by atoms with Crippen LogP contribution in [-0.4, -0.2) is 60.3 Å². The Bertz CT molecular complexity index is 537. The van der Waals surface area contributed by atoms with Gasteiger partial charge in [0.15, 0.2) is 0 Å². The average molecular weight is 331 g/mol. The molecule has 2 fully saturated rings. The number of rotatable bonds is 5. The summed E-state index contributed by atoms with van der Waals surface area (Å²) in [7, 11) is 1.74. The predicted octanol–water partition coefficient (Wildman–Crippen LogP) is 1.92. The smallest absolute Gasteiger partial charge is 0.317 e. The van der Waals surface area contributed by atoms with E-state index in [1.807, 2.05) is 0 Å². The van der Waals surface area contributed by atoms with Crippen LogP contribution in [0.15, 0.2) is 30.3 Å². The van der Waals surface area contributed by atoms with Gasteiger partial charge < -0.3 is 15.3 Å². The maximum atomic E-state index is 12.3. The third kappa shape index (κ3) is 4.08. The number of urea groups is 1. The molecule has 0 bridgehead atoms. The lowest BCUT2D eigenvalue weighted by atomic mass is 9.78. The van der Waals surface area contributed by atoms with Crippen molar-refractivity contribution in [3.8, 4) is 0 Å². The van der Waals surface area contributed by atoms with Crippen LogP contribution in [-0.2, 0) is 6.54 Å². The SMILES string of the molecule is CN(CCO)C(=O)N[C@@H]1CCC[C@H]2CN(Cc3ccccc3)C[C@@H]21. The fraction of sp³-hybridized carbons (Fsp3) is 0.632. The van der Waals surface area contributed by atoms with Gasteiger partial charge in [0, 0.05) is 39.3 Å². The minimum Gasteiger partial charge on any atom is -0.395 e. The Morgan fingerprint density at radius 1 is 1.29 bits per heavy atom. The van der Waals surface area contributed by atoms with E-state index in [0.717, 1.165) is 26.1 Å². The van der Waals surface area contributed by atoms with Gasteiger partial charge in [-0.05, 0) is 30.2 Å². The van der Waals surface area contributed by atoms with E-state index in [9.17, 15) is 4.79 Å². The number of likely N-dealkylation sites (N-methyl/N-ethyl adjacent to an activating group) is 1. The van der Waals surface area contributed by atoms with Gasteiger partial charge >= 0.3 is 6.03 Å². The summed E-state index contributed by atoms with van der Waals surface area (Å²) >= 11 is 0. The number of aliphatic hydroxyl groups excluding tert-OH is 1. The zero-order valence-electron chi connectivity index (χ0n) is 14.5. The molecule has 2 aliphatic rings. The fourth-order valence-corrected chi connectivity index (χ4v) is 4.23. The minimum atomic E-state index is -0.0591. The van der Waals surface area contributed by atoms with Gasteiger partial charge in [0.05, 0.1) is 6.61 Å². The molecule has 24 heavy (non-hydrogen) atoms. The summed E-state index contributed by atoms with van der Waals surface area (Å²) < 4.78 is 0. The quantitative estimate of drug-likeness (QED) is 0.867. The molecule has 1 saturated heterocycles. The highest BCUT2D eigenvalue weighted by Crippen LogP contribution is 2.37. The van der Waals surface area contributed by atoms with E-state index in [-0.39, 0.29) is 18.7 Å². The molecular formula is C19H29N3O2. The lowest BCUT2D eigenvalue weighted by molar-refractivity contribution is 0.169. The van der Waals surface area contributed by atoms with Crippen LogP contribution in [0.2, 0.25) is 0 Å². The van der Waals surface area contributed by atoms with Gasteiger partial charge in [0.25, 0.3) is 0 Å². The lowest BCUT2D eigenvalue weighted by Gasteiger charge is -2.34. The second-order valence-corrected chi connectivity index (χ2v) is 7.24. The van der Waals surface area contributed by atoms with Crippen LogP contribution in [0.25, 0.3) is 0 Å². The van der Waals surface area contributed by atoms with Crippen molar-refractivity contribution < 1.29 is 9.90 Å². The maximum absolute atomic E-state index is 12.3. The van der Waals surface area contributed by atoms with E-state index in [0.29, 0.717) is 18.4 Å². The Hall–Kier alpha value is -1.59.